The van der Waals surface area contributed by atoms with Crippen molar-refractivity contribution < 1.29 is 19.1 Å². The number of rotatable bonds is 9. The van der Waals surface area contributed by atoms with Gasteiger partial charge in [0.15, 0.2) is 0 Å². The molecule has 7 nitrogen and oxygen atoms in total. The molecule has 0 saturated carbocycles. The van der Waals surface area contributed by atoms with E-state index in [0.717, 1.165) is 11.3 Å². The Morgan fingerprint density at radius 2 is 1.81 bits per heavy atom. The summed E-state index contributed by atoms with van der Waals surface area (Å²) in [7, 11) is 0. The van der Waals surface area contributed by atoms with Crippen molar-refractivity contribution in [3.63, 3.8) is 0 Å². The van der Waals surface area contributed by atoms with E-state index < -0.39 is 11.8 Å². The first-order valence-electron chi connectivity index (χ1n) is 8.66. The zero-order valence-corrected chi connectivity index (χ0v) is 15.2. The van der Waals surface area contributed by atoms with Crippen molar-refractivity contribution >= 4 is 23.4 Å². The van der Waals surface area contributed by atoms with Gasteiger partial charge < -0.3 is 21.1 Å². The molecular weight excluding hydrogens is 346 g/mol. The quantitative estimate of drug-likeness (QED) is 0.627. The number of hydrogen-bond donors (Lipinski definition) is 3. The molecule has 27 heavy (non-hydrogen) atoms. The van der Waals surface area contributed by atoms with E-state index in [9.17, 15) is 14.4 Å². The van der Waals surface area contributed by atoms with Crippen molar-refractivity contribution in [2.24, 2.45) is 5.73 Å². The second-order valence-corrected chi connectivity index (χ2v) is 5.85. The van der Waals surface area contributed by atoms with Crippen LogP contribution in [0, 0.1) is 0 Å². The largest absolute Gasteiger partial charge is 0.494 e. The summed E-state index contributed by atoms with van der Waals surface area (Å²) in [6, 6.07) is 14.1. The number of nitrogens with one attached hydrogen (secondary N) is 2. The Bertz CT molecular complexity index is 803. The number of carbonyl (C=O) groups is 3. The number of nitrogens with two attached hydrogens (primary N) is 1. The molecule has 0 spiro atoms. The monoisotopic (exact) mass is 369 g/mol. The number of aryl methyl sites for hydroxylation is 1. The highest BCUT2D eigenvalue weighted by molar-refractivity contribution is 5.98. The van der Waals surface area contributed by atoms with Gasteiger partial charge in [0.2, 0.25) is 11.8 Å². The number of hydrogen-bond acceptors (Lipinski definition) is 4. The van der Waals surface area contributed by atoms with Crippen LogP contribution in [-0.4, -0.2) is 30.9 Å². The molecular formula is C20H23N3O4. The first-order valence-corrected chi connectivity index (χ1v) is 8.66. The molecule has 0 aliphatic carbocycles. The molecule has 7 heteroatoms. The highest BCUT2D eigenvalue weighted by Gasteiger charge is 2.09. The van der Waals surface area contributed by atoms with E-state index in [1.807, 2.05) is 31.2 Å². The lowest BCUT2D eigenvalue weighted by atomic mass is 10.1. The highest BCUT2D eigenvalue weighted by atomic mass is 16.5. The summed E-state index contributed by atoms with van der Waals surface area (Å²) >= 11 is 0. The van der Waals surface area contributed by atoms with E-state index in [2.05, 4.69) is 10.6 Å². The Hall–Kier alpha value is -3.35. The van der Waals surface area contributed by atoms with Crippen molar-refractivity contribution in [2.75, 3.05) is 18.5 Å². The number of ether oxygens (including phenoxy) is 1. The molecule has 2 rings (SSSR count). The predicted molar refractivity (Wildman–Crippen MR) is 103 cm³/mol. The average Bonchev–Trinajstić information content (AvgIpc) is 2.66. The summed E-state index contributed by atoms with van der Waals surface area (Å²) in [6.07, 6.45) is 0.906. The van der Waals surface area contributed by atoms with Gasteiger partial charge in [-0.2, -0.15) is 0 Å². The molecule has 0 fully saturated rings. The summed E-state index contributed by atoms with van der Waals surface area (Å²) in [5, 5.41) is 5.17. The molecule has 3 amide bonds. The Morgan fingerprint density at radius 1 is 1.07 bits per heavy atom. The van der Waals surface area contributed by atoms with E-state index in [4.69, 9.17) is 10.5 Å². The molecule has 0 unspecified atom stereocenters. The van der Waals surface area contributed by atoms with Crippen molar-refractivity contribution in [1.82, 2.24) is 5.32 Å². The number of primary amides is 1. The number of anilines is 1. The molecule has 0 radical (unpaired) electrons. The molecule has 2 aromatic rings. The summed E-state index contributed by atoms with van der Waals surface area (Å²) < 4.78 is 5.39. The van der Waals surface area contributed by atoms with Crippen LogP contribution in [0.3, 0.4) is 0 Å². The number of benzene rings is 2. The van der Waals surface area contributed by atoms with Crippen molar-refractivity contribution in [3.05, 3.63) is 59.7 Å². The van der Waals surface area contributed by atoms with Gasteiger partial charge in [-0.25, -0.2) is 0 Å². The fraction of sp³-hybridized carbons (Fsp3) is 0.250. The van der Waals surface area contributed by atoms with Crippen LogP contribution in [0.15, 0.2) is 48.5 Å². The minimum Gasteiger partial charge on any atom is -0.494 e. The fourth-order valence-corrected chi connectivity index (χ4v) is 2.41. The second-order valence-electron chi connectivity index (χ2n) is 5.85. The maximum Gasteiger partial charge on any atom is 0.251 e. The van der Waals surface area contributed by atoms with Crippen LogP contribution in [0.4, 0.5) is 5.69 Å². The third-order valence-corrected chi connectivity index (χ3v) is 3.71. The maximum absolute atomic E-state index is 12.2. The highest BCUT2D eigenvalue weighted by Crippen LogP contribution is 2.15. The zero-order valence-electron chi connectivity index (χ0n) is 15.2. The van der Waals surface area contributed by atoms with Crippen LogP contribution >= 0.6 is 0 Å². The van der Waals surface area contributed by atoms with Crippen LogP contribution in [0.2, 0.25) is 0 Å². The smallest absolute Gasteiger partial charge is 0.251 e. The second kappa shape index (κ2) is 9.96. The Balaban J connectivity index is 1.87. The summed E-state index contributed by atoms with van der Waals surface area (Å²) in [6.45, 7) is 2.30. The zero-order chi connectivity index (χ0) is 19.6. The lowest BCUT2D eigenvalue weighted by Crippen LogP contribution is -2.33. The molecule has 0 aromatic heterocycles. The minimum absolute atomic E-state index is 0.154. The molecule has 0 aliphatic rings. The molecule has 4 N–H and O–H groups in total. The van der Waals surface area contributed by atoms with E-state index in [-0.39, 0.29) is 12.5 Å². The summed E-state index contributed by atoms with van der Waals surface area (Å²) in [5.41, 5.74) is 6.88. The van der Waals surface area contributed by atoms with Gasteiger partial charge in [-0.1, -0.05) is 18.2 Å². The summed E-state index contributed by atoms with van der Waals surface area (Å²) in [5.74, 6) is -0.405. The van der Waals surface area contributed by atoms with Crippen LogP contribution in [-0.2, 0) is 16.0 Å². The van der Waals surface area contributed by atoms with Crippen LogP contribution < -0.4 is 21.1 Å². The normalized spacial score (nSPS) is 10.1. The number of carbonyl (C=O) groups excluding carboxylic acids is 3. The molecule has 0 aliphatic heterocycles. The first-order chi connectivity index (χ1) is 13.0. The average molecular weight is 369 g/mol. The van der Waals surface area contributed by atoms with Crippen molar-refractivity contribution in [2.45, 2.75) is 19.8 Å². The molecule has 0 saturated heterocycles. The Morgan fingerprint density at radius 3 is 2.48 bits per heavy atom. The van der Waals surface area contributed by atoms with Crippen molar-refractivity contribution in [1.29, 1.82) is 0 Å². The van der Waals surface area contributed by atoms with Gasteiger partial charge in [-0.05, 0) is 49.2 Å². The van der Waals surface area contributed by atoms with Gasteiger partial charge in [0.05, 0.1) is 13.2 Å². The predicted octanol–water partition coefficient (Wildman–Crippen LogP) is 1.87. The SMILES string of the molecule is CCOc1ccc(CCC(=O)Nc2cccc(C(=O)NCC(N)=O)c2)cc1. The first kappa shape index (κ1) is 20.0. The van der Waals surface area contributed by atoms with Gasteiger partial charge in [0, 0.05) is 17.7 Å². The standard InChI is InChI=1S/C20H23N3O4/c1-2-27-17-9-6-14(7-10-17)8-11-19(25)23-16-5-3-4-15(12-16)20(26)22-13-18(21)24/h3-7,9-10,12H,2,8,11,13H2,1H3,(H2,21,24)(H,22,26)(H,23,25). The van der Waals surface area contributed by atoms with Crippen LogP contribution in [0.1, 0.15) is 29.3 Å². The van der Waals surface area contributed by atoms with Gasteiger partial charge in [-0.3, -0.25) is 14.4 Å². The fourth-order valence-electron chi connectivity index (χ4n) is 2.41. The molecule has 2 aromatic carbocycles. The molecule has 142 valence electrons. The molecule has 0 bridgehead atoms. The topological polar surface area (TPSA) is 111 Å². The van der Waals surface area contributed by atoms with Gasteiger partial charge in [-0.15, -0.1) is 0 Å². The van der Waals surface area contributed by atoms with E-state index >= 15 is 0 Å². The lowest BCUT2D eigenvalue weighted by Gasteiger charge is -2.08. The minimum atomic E-state index is -0.623. The third-order valence-electron chi connectivity index (χ3n) is 3.71. The van der Waals surface area contributed by atoms with E-state index in [0.29, 0.717) is 30.7 Å². The van der Waals surface area contributed by atoms with Gasteiger partial charge in [0.1, 0.15) is 5.75 Å². The van der Waals surface area contributed by atoms with Crippen LogP contribution in [0.25, 0.3) is 0 Å². The Kier molecular flexibility index (Phi) is 7.37. The summed E-state index contributed by atoms with van der Waals surface area (Å²) in [4.78, 5) is 34.8. The van der Waals surface area contributed by atoms with Crippen LogP contribution in [0.5, 0.6) is 5.75 Å². The third kappa shape index (κ3) is 6.81. The van der Waals surface area contributed by atoms with E-state index in [1.165, 1.54) is 0 Å². The Labute approximate surface area is 157 Å². The van der Waals surface area contributed by atoms with Gasteiger partial charge >= 0.3 is 0 Å². The van der Waals surface area contributed by atoms with E-state index in [1.54, 1.807) is 24.3 Å². The molecule has 0 atom stereocenters. The molecule has 0 heterocycles. The lowest BCUT2D eigenvalue weighted by molar-refractivity contribution is -0.117. The van der Waals surface area contributed by atoms with Gasteiger partial charge in [0.25, 0.3) is 5.91 Å². The maximum atomic E-state index is 12.2. The van der Waals surface area contributed by atoms with Crippen molar-refractivity contribution in [3.8, 4) is 5.75 Å². The number of amides is 3.